The van der Waals surface area contributed by atoms with Crippen LogP contribution in [0.4, 0.5) is 0 Å². The highest BCUT2D eigenvalue weighted by molar-refractivity contribution is 9.10. The van der Waals surface area contributed by atoms with E-state index in [9.17, 15) is 5.11 Å². The van der Waals surface area contributed by atoms with Crippen LogP contribution < -0.4 is 5.32 Å². The number of nitrogens with one attached hydrogen (secondary N) is 1. The summed E-state index contributed by atoms with van der Waals surface area (Å²) in [5.74, 6) is 0.724. The van der Waals surface area contributed by atoms with Gasteiger partial charge in [0.15, 0.2) is 0 Å². The molecule has 0 amide bonds. The molecule has 1 aromatic rings. The van der Waals surface area contributed by atoms with E-state index in [1.54, 1.807) is 11.8 Å². The summed E-state index contributed by atoms with van der Waals surface area (Å²) in [7, 11) is 0. The molecular weight excluding hydrogens is 286 g/mol. The average molecular weight is 304 g/mol. The van der Waals surface area contributed by atoms with Gasteiger partial charge in [0.2, 0.25) is 0 Å². The van der Waals surface area contributed by atoms with Crippen LogP contribution in [0.3, 0.4) is 0 Å². The molecule has 0 radical (unpaired) electrons. The van der Waals surface area contributed by atoms with Gasteiger partial charge in [-0.15, -0.1) is 11.8 Å². The molecule has 0 aliphatic rings. The number of benzene rings is 1. The van der Waals surface area contributed by atoms with Gasteiger partial charge in [-0.1, -0.05) is 29.8 Å². The van der Waals surface area contributed by atoms with Gasteiger partial charge in [-0.3, -0.25) is 0 Å². The van der Waals surface area contributed by atoms with E-state index >= 15 is 0 Å². The number of hydrogen-bond acceptors (Lipinski definition) is 3. The lowest BCUT2D eigenvalue weighted by molar-refractivity contribution is 0.192. The maximum absolute atomic E-state index is 9.72. The molecule has 0 aliphatic heterocycles. The summed E-state index contributed by atoms with van der Waals surface area (Å²) in [6, 6.07) is 8.56. The third-order valence-corrected chi connectivity index (χ3v) is 3.70. The molecule has 4 heteroatoms. The number of aliphatic hydroxyl groups excluding tert-OH is 1. The molecule has 0 fully saturated rings. The fourth-order valence-corrected chi connectivity index (χ4v) is 2.25. The van der Waals surface area contributed by atoms with Gasteiger partial charge < -0.3 is 10.4 Å². The molecule has 1 aromatic carbocycles. The Morgan fingerprint density at radius 3 is 2.50 bits per heavy atom. The Morgan fingerprint density at radius 1 is 1.31 bits per heavy atom. The van der Waals surface area contributed by atoms with E-state index in [-0.39, 0.29) is 6.10 Å². The van der Waals surface area contributed by atoms with Crippen molar-refractivity contribution in [2.24, 2.45) is 0 Å². The lowest BCUT2D eigenvalue weighted by Gasteiger charge is -2.13. The largest absolute Gasteiger partial charge is 0.391 e. The van der Waals surface area contributed by atoms with Gasteiger partial charge in [-0.05, 0) is 24.3 Å². The number of hydrogen-bond donors (Lipinski definition) is 2. The Hall–Kier alpha value is -0.0300. The second-order valence-electron chi connectivity index (χ2n) is 3.98. The smallest absolute Gasteiger partial charge is 0.0758 e. The van der Waals surface area contributed by atoms with Gasteiger partial charge in [0.05, 0.1) is 6.10 Å². The van der Waals surface area contributed by atoms with Crippen LogP contribution in [0.25, 0.3) is 0 Å². The normalized spacial score (nSPS) is 13.1. The van der Waals surface area contributed by atoms with Crippen molar-refractivity contribution in [3.63, 3.8) is 0 Å². The SMILES string of the molecule is CC(C)NCC(O)CSc1ccc(Br)cc1. The molecule has 1 unspecified atom stereocenters. The van der Waals surface area contributed by atoms with Gasteiger partial charge in [-0.25, -0.2) is 0 Å². The maximum Gasteiger partial charge on any atom is 0.0758 e. The summed E-state index contributed by atoms with van der Waals surface area (Å²) in [6.45, 7) is 4.81. The van der Waals surface area contributed by atoms with Crippen LogP contribution in [0.5, 0.6) is 0 Å². The molecule has 1 atom stereocenters. The fourth-order valence-electron chi connectivity index (χ4n) is 1.15. The predicted octanol–water partition coefficient (Wildman–Crippen LogP) is 2.90. The van der Waals surface area contributed by atoms with Crippen molar-refractivity contribution >= 4 is 27.7 Å². The second-order valence-corrected chi connectivity index (χ2v) is 5.99. The average Bonchev–Trinajstić information content (AvgIpc) is 2.25. The fraction of sp³-hybridized carbons (Fsp3) is 0.500. The highest BCUT2D eigenvalue weighted by Crippen LogP contribution is 2.21. The highest BCUT2D eigenvalue weighted by Gasteiger charge is 2.05. The molecule has 2 N–H and O–H groups in total. The Bertz CT molecular complexity index is 302. The van der Waals surface area contributed by atoms with Gasteiger partial charge in [0.25, 0.3) is 0 Å². The molecule has 0 spiro atoms. The summed E-state index contributed by atoms with van der Waals surface area (Å²) < 4.78 is 1.08. The third kappa shape index (κ3) is 5.89. The van der Waals surface area contributed by atoms with Crippen molar-refractivity contribution in [3.8, 4) is 0 Å². The highest BCUT2D eigenvalue weighted by atomic mass is 79.9. The zero-order chi connectivity index (χ0) is 12.0. The second kappa shape index (κ2) is 7.33. The molecule has 0 saturated carbocycles. The van der Waals surface area contributed by atoms with Crippen molar-refractivity contribution in [2.75, 3.05) is 12.3 Å². The molecule has 2 nitrogen and oxygen atoms in total. The number of thioether (sulfide) groups is 1. The molecule has 0 bridgehead atoms. The molecule has 0 saturated heterocycles. The maximum atomic E-state index is 9.72. The van der Waals surface area contributed by atoms with E-state index < -0.39 is 0 Å². The Kier molecular flexibility index (Phi) is 6.43. The molecule has 0 heterocycles. The Labute approximate surface area is 110 Å². The van der Waals surface area contributed by atoms with Gasteiger partial charge in [-0.2, -0.15) is 0 Å². The number of aliphatic hydroxyl groups is 1. The topological polar surface area (TPSA) is 32.3 Å². The van der Waals surface area contributed by atoms with E-state index in [1.807, 2.05) is 12.1 Å². The van der Waals surface area contributed by atoms with E-state index in [0.717, 1.165) is 10.2 Å². The van der Waals surface area contributed by atoms with Crippen LogP contribution in [-0.4, -0.2) is 29.5 Å². The minimum absolute atomic E-state index is 0.295. The van der Waals surface area contributed by atoms with Crippen LogP contribution in [0, 0.1) is 0 Å². The third-order valence-electron chi connectivity index (χ3n) is 2.02. The Morgan fingerprint density at radius 2 is 1.94 bits per heavy atom. The van der Waals surface area contributed by atoms with E-state index in [1.165, 1.54) is 4.90 Å². The van der Waals surface area contributed by atoms with E-state index in [0.29, 0.717) is 12.6 Å². The monoisotopic (exact) mass is 303 g/mol. The molecule has 1 rings (SSSR count). The first-order valence-electron chi connectivity index (χ1n) is 5.37. The number of rotatable bonds is 6. The molecular formula is C12H18BrNOS. The lowest BCUT2D eigenvalue weighted by atomic mass is 10.3. The van der Waals surface area contributed by atoms with E-state index in [4.69, 9.17) is 0 Å². The molecule has 16 heavy (non-hydrogen) atoms. The summed E-state index contributed by atoms with van der Waals surface area (Å²) >= 11 is 5.08. The molecule has 0 aromatic heterocycles. The Balaban J connectivity index is 2.26. The zero-order valence-corrected chi connectivity index (χ0v) is 12.0. The summed E-state index contributed by atoms with van der Waals surface area (Å²) in [4.78, 5) is 1.19. The first kappa shape index (κ1) is 14.0. The van der Waals surface area contributed by atoms with Crippen molar-refractivity contribution < 1.29 is 5.11 Å². The van der Waals surface area contributed by atoms with E-state index in [2.05, 4.69) is 47.2 Å². The van der Waals surface area contributed by atoms with Crippen LogP contribution in [0.15, 0.2) is 33.6 Å². The van der Waals surface area contributed by atoms with Crippen LogP contribution >= 0.6 is 27.7 Å². The quantitative estimate of drug-likeness (QED) is 0.793. The zero-order valence-electron chi connectivity index (χ0n) is 9.61. The van der Waals surface area contributed by atoms with Crippen molar-refractivity contribution in [2.45, 2.75) is 30.9 Å². The molecule has 0 aliphatic carbocycles. The summed E-state index contributed by atoms with van der Waals surface area (Å²) in [6.07, 6.45) is -0.295. The standard InChI is InChI=1S/C12H18BrNOS/c1-9(2)14-7-11(15)8-16-12-5-3-10(13)4-6-12/h3-6,9,11,14-15H,7-8H2,1-2H3. The van der Waals surface area contributed by atoms with Crippen molar-refractivity contribution in [1.29, 1.82) is 0 Å². The van der Waals surface area contributed by atoms with Crippen LogP contribution in [0.1, 0.15) is 13.8 Å². The van der Waals surface area contributed by atoms with Crippen molar-refractivity contribution in [1.82, 2.24) is 5.32 Å². The van der Waals surface area contributed by atoms with Gasteiger partial charge >= 0.3 is 0 Å². The minimum atomic E-state index is -0.295. The first-order valence-corrected chi connectivity index (χ1v) is 7.15. The predicted molar refractivity (Wildman–Crippen MR) is 74.0 cm³/mol. The van der Waals surface area contributed by atoms with Gasteiger partial charge in [0, 0.05) is 27.7 Å². The minimum Gasteiger partial charge on any atom is -0.391 e. The summed E-state index contributed by atoms with van der Waals surface area (Å²) in [5.41, 5.74) is 0. The number of halogens is 1. The lowest BCUT2D eigenvalue weighted by Crippen LogP contribution is -2.33. The summed E-state index contributed by atoms with van der Waals surface area (Å²) in [5, 5.41) is 12.9. The van der Waals surface area contributed by atoms with Crippen LogP contribution in [-0.2, 0) is 0 Å². The first-order chi connectivity index (χ1) is 7.58. The van der Waals surface area contributed by atoms with Crippen LogP contribution in [0.2, 0.25) is 0 Å². The van der Waals surface area contributed by atoms with Gasteiger partial charge in [0.1, 0.15) is 0 Å². The van der Waals surface area contributed by atoms with Crippen molar-refractivity contribution in [3.05, 3.63) is 28.7 Å². The molecule has 90 valence electrons.